The molecule has 3 atom stereocenters. The summed E-state index contributed by atoms with van der Waals surface area (Å²) in [5, 5.41) is 12.9. The lowest BCUT2D eigenvalue weighted by atomic mass is 10.0. The van der Waals surface area contributed by atoms with Crippen LogP contribution in [0, 0.1) is 0 Å². The van der Waals surface area contributed by atoms with E-state index in [2.05, 4.69) is 20.7 Å². The summed E-state index contributed by atoms with van der Waals surface area (Å²) in [6.07, 6.45) is -2.61. The SMILES string of the molecule is COc1ccc(-c2cc(Cc3ccccc3OC)c(N/N=C/[C@@H](OC(C)=O)[C@H](OC(C)=O)[C@@H](COC(C)=O)OC(C)=O)nn2)cc1. The van der Waals surface area contributed by atoms with Crippen molar-refractivity contribution in [3.8, 4) is 22.8 Å². The van der Waals surface area contributed by atoms with Gasteiger partial charge in [0.15, 0.2) is 24.1 Å². The highest BCUT2D eigenvalue weighted by atomic mass is 16.6. The lowest BCUT2D eigenvalue weighted by Crippen LogP contribution is -2.48. The summed E-state index contributed by atoms with van der Waals surface area (Å²) >= 11 is 0. The van der Waals surface area contributed by atoms with Gasteiger partial charge in [-0.3, -0.25) is 24.6 Å². The Hall–Kier alpha value is -5.53. The maximum absolute atomic E-state index is 12.0. The molecule has 0 bridgehead atoms. The second kappa shape index (κ2) is 17.1. The second-order valence-electron chi connectivity index (χ2n) is 9.81. The minimum absolute atomic E-state index is 0.265. The van der Waals surface area contributed by atoms with E-state index < -0.39 is 48.8 Å². The van der Waals surface area contributed by atoms with Gasteiger partial charge < -0.3 is 28.4 Å². The smallest absolute Gasteiger partial charge is 0.303 e. The number of carbonyl (C=O) groups excluding carboxylic acids is 4. The minimum Gasteiger partial charge on any atom is -0.497 e. The van der Waals surface area contributed by atoms with Crippen LogP contribution in [0.4, 0.5) is 5.82 Å². The van der Waals surface area contributed by atoms with E-state index >= 15 is 0 Å². The van der Waals surface area contributed by atoms with Gasteiger partial charge in [-0.25, -0.2) is 0 Å². The van der Waals surface area contributed by atoms with Crippen molar-refractivity contribution >= 4 is 35.9 Å². The molecule has 1 aromatic heterocycles. The van der Waals surface area contributed by atoms with E-state index in [1.54, 1.807) is 14.2 Å². The molecular weight excluding hydrogens is 600 g/mol. The van der Waals surface area contributed by atoms with Gasteiger partial charge in [-0.2, -0.15) is 5.10 Å². The van der Waals surface area contributed by atoms with Gasteiger partial charge in [0, 0.05) is 45.2 Å². The second-order valence-corrected chi connectivity index (χ2v) is 9.81. The number of hydrogen-bond acceptors (Lipinski definition) is 14. The first-order valence-electron chi connectivity index (χ1n) is 14.1. The van der Waals surface area contributed by atoms with Crippen LogP contribution in [0.5, 0.6) is 11.5 Å². The molecule has 1 heterocycles. The fourth-order valence-corrected chi connectivity index (χ4v) is 4.32. The molecule has 0 unspecified atom stereocenters. The Balaban J connectivity index is 2.00. The highest BCUT2D eigenvalue weighted by Gasteiger charge is 2.37. The van der Waals surface area contributed by atoms with Gasteiger partial charge in [-0.05, 0) is 42.0 Å². The number of hydrogen-bond donors (Lipinski definition) is 1. The van der Waals surface area contributed by atoms with Crippen LogP contribution >= 0.6 is 0 Å². The molecule has 1 N–H and O–H groups in total. The van der Waals surface area contributed by atoms with Gasteiger partial charge >= 0.3 is 23.9 Å². The van der Waals surface area contributed by atoms with Crippen LogP contribution in [-0.2, 0) is 44.5 Å². The average molecular weight is 637 g/mol. The third-order valence-electron chi connectivity index (χ3n) is 6.29. The summed E-state index contributed by atoms with van der Waals surface area (Å²) in [5.41, 5.74) is 5.77. The fourth-order valence-electron chi connectivity index (χ4n) is 4.32. The molecule has 0 aliphatic heterocycles. The van der Waals surface area contributed by atoms with Crippen molar-refractivity contribution in [2.45, 2.75) is 52.4 Å². The molecule has 3 aromatic rings. The molecule has 0 amide bonds. The van der Waals surface area contributed by atoms with E-state index in [1.807, 2.05) is 54.6 Å². The predicted molar refractivity (Wildman–Crippen MR) is 165 cm³/mol. The minimum atomic E-state index is -1.42. The summed E-state index contributed by atoms with van der Waals surface area (Å²) in [7, 11) is 3.16. The van der Waals surface area contributed by atoms with Crippen LogP contribution in [0.3, 0.4) is 0 Å². The zero-order valence-electron chi connectivity index (χ0n) is 26.3. The van der Waals surface area contributed by atoms with E-state index in [0.717, 1.165) is 45.0 Å². The number of carbonyl (C=O) groups is 4. The normalized spacial score (nSPS) is 12.7. The Morgan fingerprint density at radius 3 is 2.09 bits per heavy atom. The molecule has 0 aliphatic carbocycles. The molecule has 0 radical (unpaired) electrons. The maximum Gasteiger partial charge on any atom is 0.303 e. The van der Waals surface area contributed by atoms with Crippen LogP contribution in [0.15, 0.2) is 59.7 Å². The number of nitrogens with zero attached hydrogens (tertiary/aromatic N) is 3. The first-order valence-corrected chi connectivity index (χ1v) is 14.1. The van der Waals surface area contributed by atoms with Crippen molar-refractivity contribution in [3.63, 3.8) is 0 Å². The van der Waals surface area contributed by atoms with Crippen LogP contribution < -0.4 is 14.9 Å². The van der Waals surface area contributed by atoms with Crippen LogP contribution in [0.1, 0.15) is 38.8 Å². The summed E-state index contributed by atoms with van der Waals surface area (Å²) in [4.78, 5) is 47.4. The van der Waals surface area contributed by atoms with Gasteiger partial charge in [0.25, 0.3) is 0 Å². The van der Waals surface area contributed by atoms with Gasteiger partial charge in [0.1, 0.15) is 18.1 Å². The largest absolute Gasteiger partial charge is 0.497 e. The van der Waals surface area contributed by atoms with Crippen molar-refractivity contribution in [2.75, 3.05) is 26.3 Å². The molecule has 3 rings (SSSR count). The number of ether oxygens (including phenoxy) is 6. The Bertz CT molecular complexity index is 1540. The van der Waals surface area contributed by atoms with Gasteiger partial charge in [-0.1, -0.05) is 18.2 Å². The molecule has 0 spiro atoms. The number of nitrogens with one attached hydrogen (secondary N) is 1. The molecular formula is C32H36N4O10. The van der Waals surface area contributed by atoms with Crippen molar-refractivity contribution in [1.29, 1.82) is 0 Å². The first-order chi connectivity index (χ1) is 22.0. The number of aromatic nitrogens is 2. The Morgan fingerprint density at radius 2 is 1.48 bits per heavy atom. The molecule has 14 nitrogen and oxygen atoms in total. The van der Waals surface area contributed by atoms with E-state index in [9.17, 15) is 19.2 Å². The number of esters is 4. The van der Waals surface area contributed by atoms with Crippen LogP contribution in [0.25, 0.3) is 11.3 Å². The molecule has 244 valence electrons. The van der Waals surface area contributed by atoms with Crippen LogP contribution in [-0.4, -0.2) is 79.4 Å². The first kappa shape index (κ1) is 35.0. The molecule has 0 aliphatic rings. The zero-order valence-corrected chi connectivity index (χ0v) is 26.3. The summed E-state index contributed by atoms with van der Waals surface area (Å²) < 4.78 is 31.8. The van der Waals surface area contributed by atoms with Crippen LogP contribution in [0.2, 0.25) is 0 Å². The molecule has 0 saturated carbocycles. The predicted octanol–water partition coefficient (Wildman–Crippen LogP) is 3.51. The molecule has 14 heteroatoms. The van der Waals surface area contributed by atoms with E-state index in [4.69, 9.17) is 28.4 Å². The van der Waals surface area contributed by atoms with E-state index in [0.29, 0.717) is 29.2 Å². The monoisotopic (exact) mass is 636 g/mol. The molecule has 0 saturated heterocycles. The number of hydrazone groups is 1. The van der Waals surface area contributed by atoms with Gasteiger partial charge in [-0.15, -0.1) is 10.2 Å². The number of rotatable bonds is 15. The van der Waals surface area contributed by atoms with E-state index in [-0.39, 0.29) is 5.82 Å². The molecule has 0 fully saturated rings. The highest BCUT2D eigenvalue weighted by Crippen LogP contribution is 2.28. The lowest BCUT2D eigenvalue weighted by molar-refractivity contribution is -0.183. The maximum atomic E-state index is 12.0. The number of benzene rings is 2. The number of anilines is 1. The van der Waals surface area contributed by atoms with Crippen molar-refractivity contribution in [1.82, 2.24) is 10.2 Å². The van der Waals surface area contributed by atoms with Crippen molar-refractivity contribution < 1.29 is 47.6 Å². The topological polar surface area (TPSA) is 174 Å². The average Bonchev–Trinajstić information content (AvgIpc) is 3.02. The Morgan fingerprint density at radius 1 is 0.804 bits per heavy atom. The van der Waals surface area contributed by atoms with Crippen molar-refractivity contribution in [3.05, 3.63) is 65.7 Å². The summed E-state index contributed by atoms with van der Waals surface area (Å²) in [6, 6.07) is 16.7. The fraction of sp³-hybridized carbons (Fsp3) is 0.344. The van der Waals surface area contributed by atoms with Gasteiger partial charge in [0.2, 0.25) is 0 Å². The summed E-state index contributed by atoms with van der Waals surface area (Å²) in [5.74, 6) is -1.32. The third kappa shape index (κ3) is 10.6. The molecule has 46 heavy (non-hydrogen) atoms. The Labute approximate surface area is 266 Å². The van der Waals surface area contributed by atoms with E-state index in [1.165, 1.54) is 0 Å². The third-order valence-corrected chi connectivity index (χ3v) is 6.29. The summed E-state index contributed by atoms with van der Waals surface area (Å²) in [6.45, 7) is 4.06. The molecule has 2 aromatic carbocycles. The number of para-hydroxylation sites is 1. The number of methoxy groups -OCH3 is 2. The van der Waals surface area contributed by atoms with Crippen molar-refractivity contribution in [2.24, 2.45) is 5.10 Å². The lowest BCUT2D eigenvalue weighted by Gasteiger charge is -2.29. The highest BCUT2D eigenvalue weighted by molar-refractivity contribution is 5.75. The Kier molecular flexibility index (Phi) is 13.0. The quantitative estimate of drug-likeness (QED) is 0.111. The zero-order chi connectivity index (χ0) is 33.6. The standard InChI is InChI=1S/C32H36N4O10/c1-19(37)43-18-30(45-21(3)39)31(46-22(4)40)29(44-20(2)38)17-33-35-32-25(15-24-9-7-8-10-28(24)42-6)16-27(34-36-32)23-11-13-26(41-5)14-12-23/h7-14,16-17,29-31H,15,18H2,1-6H3,(H,35,36)/b33-17+/t29-,30-,31+/m1/s1. The van der Waals surface area contributed by atoms with Gasteiger partial charge in [0.05, 0.1) is 26.1 Å².